The second-order valence-corrected chi connectivity index (χ2v) is 7.82. The van der Waals surface area contributed by atoms with Gasteiger partial charge in [-0.2, -0.15) is 0 Å². The van der Waals surface area contributed by atoms with E-state index in [1.165, 1.54) is 49.0 Å². The lowest BCUT2D eigenvalue weighted by Crippen LogP contribution is -2.40. The Morgan fingerprint density at radius 3 is 3.00 bits per heavy atom. The summed E-state index contributed by atoms with van der Waals surface area (Å²) in [5.74, 6) is 0.902. The molecule has 20 heavy (non-hydrogen) atoms. The van der Waals surface area contributed by atoms with Gasteiger partial charge in [0.2, 0.25) is 0 Å². The monoisotopic (exact) mass is 355 g/mol. The van der Waals surface area contributed by atoms with Crippen molar-refractivity contribution < 1.29 is 4.79 Å². The highest BCUT2D eigenvalue weighted by molar-refractivity contribution is 9.09. The van der Waals surface area contributed by atoms with Crippen molar-refractivity contribution in [2.24, 2.45) is 5.92 Å². The summed E-state index contributed by atoms with van der Waals surface area (Å²) in [6.45, 7) is 1.86. The Morgan fingerprint density at radius 1 is 1.30 bits per heavy atom. The molecule has 1 aromatic rings. The number of hydrogen-bond acceptors (Lipinski definition) is 2. The van der Waals surface area contributed by atoms with Crippen LogP contribution in [0.25, 0.3) is 0 Å². The van der Waals surface area contributed by atoms with Gasteiger partial charge in [-0.25, -0.2) is 0 Å². The zero-order valence-electron chi connectivity index (χ0n) is 11.9. The Hall–Kier alpha value is -0.350. The van der Waals surface area contributed by atoms with Gasteiger partial charge in [-0.15, -0.1) is 11.3 Å². The van der Waals surface area contributed by atoms with E-state index in [0.717, 1.165) is 29.7 Å². The summed E-state index contributed by atoms with van der Waals surface area (Å²) in [5.41, 5.74) is 1.45. The molecule has 1 aliphatic heterocycles. The Kier molecular flexibility index (Phi) is 4.82. The predicted molar refractivity (Wildman–Crippen MR) is 88.0 cm³/mol. The number of amides is 1. The van der Waals surface area contributed by atoms with Crippen LogP contribution in [0.2, 0.25) is 0 Å². The summed E-state index contributed by atoms with van der Waals surface area (Å²) in [5, 5.41) is 1.01. The fourth-order valence-corrected chi connectivity index (χ4v) is 5.05. The van der Waals surface area contributed by atoms with Crippen LogP contribution in [0, 0.1) is 5.92 Å². The van der Waals surface area contributed by atoms with Gasteiger partial charge in [-0.1, -0.05) is 22.4 Å². The van der Waals surface area contributed by atoms with Crippen LogP contribution in [-0.4, -0.2) is 29.2 Å². The quantitative estimate of drug-likeness (QED) is 0.573. The average molecular weight is 356 g/mol. The second-order valence-electron chi connectivity index (χ2n) is 6.03. The van der Waals surface area contributed by atoms with Gasteiger partial charge in [0.05, 0.1) is 4.88 Å². The normalized spacial score (nSPS) is 23.2. The maximum atomic E-state index is 12.7. The number of thiophene rings is 1. The van der Waals surface area contributed by atoms with E-state index in [-0.39, 0.29) is 5.91 Å². The van der Waals surface area contributed by atoms with Gasteiger partial charge in [0.1, 0.15) is 0 Å². The summed E-state index contributed by atoms with van der Waals surface area (Å²) in [7, 11) is 0. The zero-order chi connectivity index (χ0) is 13.9. The first-order valence-corrected chi connectivity index (χ1v) is 9.68. The van der Waals surface area contributed by atoms with E-state index in [2.05, 4.69) is 26.9 Å². The van der Waals surface area contributed by atoms with E-state index in [0.29, 0.717) is 5.92 Å². The van der Waals surface area contributed by atoms with Gasteiger partial charge in [0.25, 0.3) is 5.91 Å². The van der Waals surface area contributed by atoms with E-state index >= 15 is 0 Å². The minimum Gasteiger partial charge on any atom is -0.338 e. The molecule has 0 spiro atoms. The number of alkyl halides is 1. The molecule has 1 aliphatic carbocycles. The van der Waals surface area contributed by atoms with Crippen LogP contribution < -0.4 is 0 Å². The van der Waals surface area contributed by atoms with Crippen molar-refractivity contribution in [2.75, 3.05) is 18.4 Å². The van der Waals surface area contributed by atoms with E-state index in [4.69, 9.17) is 0 Å². The van der Waals surface area contributed by atoms with Crippen LogP contribution >= 0.6 is 27.3 Å². The maximum absolute atomic E-state index is 12.7. The largest absolute Gasteiger partial charge is 0.338 e. The summed E-state index contributed by atoms with van der Waals surface area (Å²) >= 11 is 5.32. The van der Waals surface area contributed by atoms with Crippen LogP contribution in [0.4, 0.5) is 0 Å². The van der Waals surface area contributed by atoms with E-state index in [1.807, 2.05) is 0 Å². The minimum absolute atomic E-state index is 0.272. The molecule has 4 heteroatoms. The fourth-order valence-electron chi connectivity index (χ4n) is 3.30. The first kappa shape index (κ1) is 14.6. The van der Waals surface area contributed by atoms with Gasteiger partial charge in [-0.3, -0.25) is 4.79 Å². The predicted octanol–water partition coefficient (Wildman–Crippen LogP) is 4.26. The third kappa shape index (κ3) is 3.11. The number of fused-ring (bicyclic) bond motifs is 1. The highest BCUT2D eigenvalue weighted by Crippen LogP contribution is 2.30. The number of rotatable bonds is 2. The molecule has 0 radical (unpaired) electrons. The third-order valence-electron chi connectivity index (χ3n) is 4.48. The van der Waals surface area contributed by atoms with Gasteiger partial charge >= 0.3 is 0 Å². The first-order valence-electron chi connectivity index (χ1n) is 7.74. The summed E-state index contributed by atoms with van der Waals surface area (Å²) < 4.78 is 0. The highest BCUT2D eigenvalue weighted by Gasteiger charge is 2.26. The van der Waals surface area contributed by atoms with Crippen LogP contribution in [0.3, 0.4) is 0 Å². The van der Waals surface area contributed by atoms with Crippen molar-refractivity contribution in [1.82, 2.24) is 4.90 Å². The number of halogens is 1. The van der Waals surface area contributed by atoms with Crippen LogP contribution in [0.5, 0.6) is 0 Å². The third-order valence-corrected chi connectivity index (χ3v) is 6.62. The Balaban J connectivity index is 1.73. The molecule has 2 nitrogen and oxygen atoms in total. The summed E-state index contributed by atoms with van der Waals surface area (Å²) in [6.07, 6.45) is 8.65. The van der Waals surface area contributed by atoms with Gasteiger partial charge in [0, 0.05) is 23.3 Å². The lowest BCUT2D eigenvalue weighted by molar-refractivity contribution is 0.0691. The molecular formula is C16H22BrNOS. The Morgan fingerprint density at radius 2 is 2.15 bits per heavy atom. The van der Waals surface area contributed by atoms with Crippen LogP contribution in [-0.2, 0) is 12.8 Å². The number of likely N-dealkylation sites (tertiary alicyclic amines) is 1. The number of nitrogens with zero attached hydrogens (tertiary/aromatic N) is 1. The molecule has 1 aromatic heterocycles. The molecule has 0 saturated carbocycles. The molecule has 0 aromatic carbocycles. The Labute approximate surface area is 133 Å². The molecule has 1 atom stereocenters. The number of carbonyl (C=O) groups excluding carboxylic acids is 1. The molecule has 1 fully saturated rings. The lowest BCUT2D eigenvalue weighted by atomic mass is 10.00. The number of aryl methyl sites for hydroxylation is 2. The second kappa shape index (κ2) is 6.61. The summed E-state index contributed by atoms with van der Waals surface area (Å²) in [4.78, 5) is 17.2. The van der Waals surface area contributed by atoms with Crippen molar-refractivity contribution in [2.45, 2.75) is 44.9 Å². The number of carbonyl (C=O) groups is 1. The minimum atomic E-state index is 0.272. The molecule has 110 valence electrons. The fraction of sp³-hybridized carbons (Fsp3) is 0.688. The van der Waals surface area contributed by atoms with Crippen LogP contribution in [0.15, 0.2) is 6.07 Å². The Bertz CT molecular complexity index is 461. The molecule has 0 N–H and O–H groups in total. The average Bonchev–Trinajstić information content (AvgIpc) is 2.77. The molecule has 3 rings (SSSR count). The number of hydrogen-bond donors (Lipinski definition) is 0. The molecule has 2 aliphatic rings. The lowest BCUT2D eigenvalue weighted by Gasteiger charge is -2.31. The highest BCUT2D eigenvalue weighted by atomic mass is 79.9. The van der Waals surface area contributed by atoms with Crippen LogP contribution in [0.1, 0.15) is 52.2 Å². The van der Waals surface area contributed by atoms with Crippen molar-refractivity contribution in [1.29, 1.82) is 0 Å². The van der Waals surface area contributed by atoms with Crippen molar-refractivity contribution in [3.63, 3.8) is 0 Å². The SMILES string of the molecule is O=C(c1cc2c(s1)CCCCC2)N1CCCC(CBr)C1. The molecule has 0 bridgehead atoms. The standard InChI is InChI=1S/C16H22BrNOS/c17-10-12-5-4-8-18(11-12)16(19)15-9-13-6-2-1-3-7-14(13)20-15/h9,12H,1-8,10-11H2. The molecule has 1 unspecified atom stereocenters. The first-order chi connectivity index (χ1) is 9.78. The van der Waals surface area contributed by atoms with E-state index in [1.54, 1.807) is 11.3 Å². The number of piperidine rings is 1. The topological polar surface area (TPSA) is 20.3 Å². The smallest absolute Gasteiger partial charge is 0.263 e. The van der Waals surface area contributed by atoms with Crippen molar-refractivity contribution in [3.05, 3.63) is 21.4 Å². The maximum Gasteiger partial charge on any atom is 0.263 e. The zero-order valence-corrected chi connectivity index (χ0v) is 14.3. The van der Waals surface area contributed by atoms with Gasteiger partial charge in [-0.05, 0) is 56.1 Å². The molecule has 1 amide bonds. The summed E-state index contributed by atoms with van der Waals surface area (Å²) in [6, 6.07) is 2.19. The van der Waals surface area contributed by atoms with Gasteiger partial charge < -0.3 is 4.90 Å². The van der Waals surface area contributed by atoms with Crippen molar-refractivity contribution in [3.8, 4) is 0 Å². The van der Waals surface area contributed by atoms with E-state index in [9.17, 15) is 4.79 Å². The van der Waals surface area contributed by atoms with Gasteiger partial charge in [0.15, 0.2) is 0 Å². The molecular weight excluding hydrogens is 334 g/mol. The molecule has 1 saturated heterocycles. The molecule has 2 heterocycles. The van der Waals surface area contributed by atoms with Crippen molar-refractivity contribution >= 4 is 33.2 Å². The van der Waals surface area contributed by atoms with E-state index < -0.39 is 0 Å².